The van der Waals surface area contributed by atoms with Gasteiger partial charge in [0.05, 0.1) is 6.54 Å². The summed E-state index contributed by atoms with van der Waals surface area (Å²) in [6, 6.07) is 17.9. The molecule has 30 heavy (non-hydrogen) atoms. The number of hydrogen-bond acceptors (Lipinski definition) is 4. The van der Waals surface area contributed by atoms with Gasteiger partial charge in [0.15, 0.2) is 10.7 Å². The summed E-state index contributed by atoms with van der Waals surface area (Å²) >= 11 is 17.0. The summed E-state index contributed by atoms with van der Waals surface area (Å²) in [6.45, 7) is 3.64. The van der Waals surface area contributed by atoms with E-state index in [2.05, 4.69) is 10.6 Å². The van der Waals surface area contributed by atoms with E-state index in [-0.39, 0.29) is 11.0 Å². The molecule has 0 spiro atoms. The zero-order valence-electron chi connectivity index (χ0n) is 16.4. The van der Waals surface area contributed by atoms with Crippen LogP contribution in [0.3, 0.4) is 0 Å². The molecule has 1 amide bonds. The second-order valence-electron chi connectivity index (χ2n) is 6.98. The molecular formula is C22H20Cl2N2O3S. The van der Waals surface area contributed by atoms with Crippen LogP contribution in [-0.2, 0) is 11.3 Å². The number of carbonyl (C=O) groups is 1. The molecule has 1 aromatic heterocycles. The van der Waals surface area contributed by atoms with Crippen LogP contribution in [0.5, 0.6) is 5.75 Å². The van der Waals surface area contributed by atoms with Gasteiger partial charge in [0.25, 0.3) is 5.91 Å². The van der Waals surface area contributed by atoms with Gasteiger partial charge >= 0.3 is 0 Å². The lowest BCUT2D eigenvalue weighted by atomic mass is 10.1. The van der Waals surface area contributed by atoms with Crippen molar-refractivity contribution in [1.29, 1.82) is 0 Å². The number of rotatable bonds is 6. The van der Waals surface area contributed by atoms with Crippen LogP contribution in [0.1, 0.15) is 19.6 Å². The molecule has 0 saturated heterocycles. The standard InChI is InChI=1S/C22H20Cl2N2O3S/c1-22(2,29-17-9-7-16(24)8-10-17)20(27)26-21(30)25-13-18-11-12-19(28-18)14-3-5-15(23)6-4-14/h3-12H,13H2,1-2H3,(H2,25,26,27,30). The zero-order valence-corrected chi connectivity index (χ0v) is 18.7. The monoisotopic (exact) mass is 462 g/mol. The van der Waals surface area contributed by atoms with Crippen molar-refractivity contribution < 1.29 is 13.9 Å². The topological polar surface area (TPSA) is 63.5 Å². The van der Waals surface area contributed by atoms with Crippen LogP contribution in [0, 0.1) is 0 Å². The lowest BCUT2D eigenvalue weighted by Gasteiger charge is -2.25. The zero-order chi connectivity index (χ0) is 21.7. The molecule has 0 atom stereocenters. The molecule has 2 aromatic carbocycles. The molecule has 0 bridgehead atoms. The molecule has 8 heteroatoms. The van der Waals surface area contributed by atoms with E-state index >= 15 is 0 Å². The molecule has 0 unspecified atom stereocenters. The minimum absolute atomic E-state index is 0.178. The minimum atomic E-state index is -1.13. The van der Waals surface area contributed by atoms with E-state index in [9.17, 15) is 4.79 Å². The number of furan rings is 1. The molecular weight excluding hydrogens is 443 g/mol. The highest BCUT2D eigenvalue weighted by Crippen LogP contribution is 2.24. The van der Waals surface area contributed by atoms with Gasteiger partial charge in [-0.2, -0.15) is 0 Å². The first kappa shape index (κ1) is 22.2. The van der Waals surface area contributed by atoms with E-state index in [1.165, 1.54) is 0 Å². The minimum Gasteiger partial charge on any atom is -0.478 e. The van der Waals surface area contributed by atoms with Gasteiger partial charge in [0.1, 0.15) is 17.3 Å². The number of carbonyl (C=O) groups excluding carboxylic acids is 1. The molecule has 1 heterocycles. The van der Waals surface area contributed by atoms with Gasteiger partial charge in [0.2, 0.25) is 0 Å². The second kappa shape index (κ2) is 9.51. The number of halogens is 2. The van der Waals surface area contributed by atoms with Crippen molar-refractivity contribution in [2.75, 3.05) is 0 Å². The van der Waals surface area contributed by atoms with Crippen molar-refractivity contribution in [1.82, 2.24) is 10.6 Å². The average molecular weight is 463 g/mol. The number of nitrogens with one attached hydrogen (secondary N) is 2. The Kier molecular flexibility index (Phi) is 7.02. The van der Waals surface area contributed by atoms with Gasteiger partial charge in [-0.15, -0.1) is 0 Å². The van der Waals surface area contributed by atoms with Crippen molar-refractivity contribution in [2.45, 2.75) is 26.0 Å². The third kappa shape index (κ3) is 5.98. The van der Waals surface area contributed by atoms with Crippen LogP contribution in [-0.4, -0.2) is 16.6 Å². The van der Waals surface area contributed by atoms with Crippen LogP contribution in [0.25, 0.3) is 11.3 Å². The molecule has 0 aliphatic heterocycles. The maximum atomic E-state index is 12.6. The van der Waals surface area contributed by atoms with Crippen molar-refractivity contribution in [3.05, 3.63) is 76.5 Å². The van der Waals surface area contributed by atoms with Crippen LogP contribution in [0.4, 0.5) is 0 Å². The summed E-state index contributed by atoms with van der Waals surface area (Å²) in [7, 11) is 0. The molecule has 0 radical (unpaired) electrons. The quantitative estimate of drug-likeness (QED) is 0.466. The fourth-order valence-electron chi connectivity index (χ4n) is 2.55. The summed E-state index contributed by atoms with van der Waals surface area (Å²) in [5.41, 5.74) is -0.214. The second-order valence-corrected chi connectivity index (χ2v) is 8.26. The van der Waals surface area contributed by atoms with Crippen LogP contribution in [0.15, 0.2) is 65.1 Å². The Bertz CT molecular complexity index is 1030. The van der Waals surface area contributed by atoms with Gasteiger partial charge in [0, 0.05) is 15.6 Å². The largest absolute Gasteiger partial charge is 0.478 e. The van der Waals surface area contributed by atoms with E-state index in [1.54, 1.807) is 50.2 Å². The molecule has 2 N–H and O–H groups in total. The molecule has 5 nitrogen and oxygen atoms in total. The van der Waals surface area contributed by atoms with E-state index < -0.39 is 5.60 Å². The Morgan fingerprint density at radius 1 is 1.00 bits per heavy atom. The van der Waals surface area contributed by atoms with Crippen molar-refractivity contribution in [3.63, 3.8) is 0 Å². The SMILES string of the molecule is CC(C)(Oc1ccc(Cl)cc1)C(=O)NC(=S)NCc1ccc(-c2ccc(Cl)cc2)o1. The predicted molar refractivity (Wildman–Crippen MR) is 123 cm³/mol. The van der Waals surface area contributed by atoms with Crippen molar-refractivity contribution in [3.8, 4) is 17.1 Å². The highest BCUT2D eigenvalue weighted by molar-refractivity contribution is 7.80. The van der Waals surface area contributed by atoms with Gasteiger partial charge in [-0.05, 0) is 86.7 Å². The van der Waals surface area contributed by atoms with Gasteiger partial charge in [-0.1, -0.05) is 23.2 Å². The maximum absolute atomic E-state index is 12.6. The molecule has 3 rings (SSSR count). The molecule has 0 aliphatic rings. The van der Waals surface area contributed by atoms with Crippen LogP contribution < -0.4 is 15.4 Å². The third-order valence-electron chi connectivity index (χ3n) is 4.17. The summed E-state index contributed by atoms with van der Waals surface area (Å²) in [5.74, 6) is 1.55. The molecule has 0 saturated carbocycles. The Balaban J connectivity index is 1.52. The van der Waals surface area contributed by atoms with Crippen LogP contribution in [0.2, 0.25) is 10.0 Å². The Morgan fingerprint density at radius 2 is 1.60 bits per heavy atom. The molecule has 0 fully saturated rings. The van der Waals surface area contributed by atoms with Crippen LogP contribution >= 0.6 is 35.4 Å². The normalized spacial score (nSPS) is 11.1. The molecule has 156 valence electrons. The summed E-state index contributed by atoms with van der Waals surface area (Å²) < 4.78 is 11.6. The number of ether oxygens (including phenoxy) is 1. The predicted octanol–water partition coefficient (Wildman–Crippen LogP) is 5.60. The summed E-state index contributed by atoms with van der Waals surface area (Å²) in [6.07, 6.45) is 0. The highest BCUT2D eigenvalue weighted by Gasteiger charge is 2.30. The lowest BCUT2D eigenvalue weighted by Crippen LogP contribution is -2.51. The van der Waals surface area contributed by atoms with Gasteiger partial charge in [-0.3, -0.25) is 10.1 Å². The molecule has 0 aliphatic carbocycles. The summed E-state index contributed by atoms with van der Waals surface area (Å²) in [4.78, 5) is 12.6. The maximum Gasteiger partial charge on any atom is 0.269 e. The Morgan fingerprint density at radius 3 is 2.23 bits per heavy atom. The average Bonchev–Trinajstić information content (AvgIpc) is 3.17. The number of benzene rings is 2. The first-order valence-corrected chi connectivity index (χ1v) is 10.3. The van der Waals surface area contributed by atoms with E-state index in [1.807, 2.05) is 24.3 Å². The number of thiocarbonyl (C=S) groups is 1. The fraction of sp³-hybridized carbons (Fsp3) is 0.182. The first-order chi connectivity index (χ1) is 14.2. The number of amides is 1. The van der Waals surface area contributed by atoms with Gasteiger partial charge < -0.3 is 14.5 Å². The Hall–Kier alpha value is -2.54. The van der Waals surface area contributed by atoms with Crippen molar-refractivity contribution >= 4 is 46.4 Å². The lowest BCUT2D eigenvalue weighted by molar-refractivity contribution is -0.132. The van der Waals surface area contributed by atoms with E-state index in [0.717, 1.165) is 11.3 Å². The third-order valence-corrected chi connectivity index (χ3v) is 4.92. The van der Waals surface area contributed by atoms with Crippen molar-refractivity contribution in [2.24, 2.45) is 0 Å². The Labute approximate surface area is 190 Å². The smallest absolute Gasteiger partial charge is 0.269 e. The molecule has 3 aromatic rings. The number of hydrogen-bond donors (Lipinski definition) is 2. The fourth-order valence-corrected chi connectivity index (χ4v) is 2.97. The first-order valence-electron chi connectivity index (χ1n) is 9.11. The van der Waals surface area contributed by atoms with E-state index in [4.69, 9.17) is 44.6 Å². The van der Waals surface area contributed by atoms with Gasteiger partial charge in [-0.25, -0.2) is 0 Å². The summed E-state index contributed by atoms with van der Waals surface area (Å²) in [5, 5.41) is 7.03. The highest BCUT2D eigenvalue weighted by atomic mass is 35.5. The van der Waals surface area contributed by atoms with E-state index in [0.29, 0.717) is 28.1 Å².